The molecule has 0 aliphatic heterocycles. The van der Waals surface area contributed by atoms with Crippen LogP contribution in [0.15, 0.2) is 23.2 Å². The van der Waals surface area contributed by atoms with Gasteiger partial charge >= 0.3 is 5.97 Å². The van der Waals surface area contributed by atoms with E-state index in [9.17, 15) is 4.79 Å². The fourth-order valence-corrected chi connectivity index (χ4v) is 1.49. The molecule has 2 N–H and O–H groups in total. The lowest BCUT2D eigenvalue weighted by molar-refractivity contribution is -0.135. The lowest BCUT2D eigenvalue weighted by atomic mass is 10.3. The number of carbonyl (C=O) groups is 1. The number of thiazole rings is 1. The van der Waals surface area contributed by atoms with E-state index >= 15 is 0 Å². The van der Waals surface area contributed by atoms with Crippen LogP contribution in [0.25, 0.3) is 0 Å². The molecule has 0 spiro atoms. The van der Waals surface area contributed by atoms with Crippen molar-refractivity contribution in [3.63, 3.8) is 0 Å². The van der Waals surface area contributed by atoms with Gasteiger partial charge in [0.05, 0.1) is 6.61 Å². The lowest BCUT2D eigenvalue weighted by Gasteiger charge is -2.02. The van der Waals surface area contributed by atoms with Crippen LogP contribution in [-0.4, -0.2) is 29.9 Å². The van der Waals surface area contributed by atoms with Crippen molar-refractivity contribution in [2.45, 2.75) is 6.92 Å². The molecule has 17 heavy (non-hydrogen) atoms. The molecule has 1 heterocycles. The van der Waals surface area contributed by atoms with E-state index in [1.54, 1.807) is 12.3 Å². The van der Waals surface area contributed by atoms with E-state index in [-0.39, 0.29) is 18.9 Å². The maximum atomic E-state index is 11.6. The average Bonchev–Trinajstić information content (AvgIpc) is 2.71. The Kier molecular flexibility index (Phi) is 5.15. The van der Waals surface area contributed by atoms with Crippen molar-refractivity contribution in [3.8, 4) is 0 Å². The Hall–Kier alpha value is -1.89. The summed E-state index contributed by atoms with van der Waals surface area (Å²) in [4.78, 5) is 20.4. The fourth-order valence-electron chi connectivity index (χ4n) is 0.939. The Morgan fingerprint density at radius 3 is 3.06 bits per heavy atom. The third kappa shape index (κ3) is 3.87. The maximum Gasteiger partial charge on any atom is 0.362 e. The molecule has 0 unspecified atom stereocenters. The molecule has 0 amide bonds. The maximum absolute atomic E-state index is 11.6. The summed E-state index contributed by atoms with van der Waals surface area (Å²) in [5, 5.41) is 5.64. The van der Waals surface area contributed by atoms with Crippen molar-refractivity contribution in [1.29, 1.82) is 0 Å². The summed E-state index contributed by atoms with van der Waals surface area (Å²) in [6.07, 6.45) is 1.52. The third-order valence-corrected chi connectivity index (χ3v) is 2.26. The molecule has 6 nitrogen and oxygen atoms in total. The van der Waals surface area contributed by atoms with Gasteiger partial charge in [0.25, 0.3) is 0 Å². The number of rotatable bonds is 6. The molecule has 92 valence electrons. The smallest absolute Gasteiger partial charge is 0.362 e. The number of hydrogen-bond acceptors (Lipinski definition) is 7. The highest BCUT2D eigenvalue weighted by Gasteiger charge is 2.19. The SMILES string of the molecule is C=CCO/N=C(/C(=O)OCC)c1csc(N)n1. The summed E-state index contributed by atoms with van der Waals surface area (Å²) in [5.74, 6) is -0.595. The molecule has 0 bridgehead atoms. The van der Waals surface area contributed by atoms with Crippen LogP contribution in [0.2, 0.25) is 0 Å². The number of ether oxygens (including phenoxy) is 1. The predicted molar refractivity (Wildman–Crippen MR) is 65.8 cm³/mol. The second kappa shape index (κ2) is 6.64. The monoisotopic (exact) mass is 255 g/mol. The highest BCUT2D eigenvalue weighted by molar-refractivity contribution is 7.13. The topological polar surface area (TPSA) is 86.8 Å². The second-order valence-electron chi connectivity index (χ2n) is 2.82. The van der Waals surface area contributed by atoms with Crippen molar-refractivity contribution in [2.24, 2.45) is 5.16 Å². The molecule has 7 heteroatoms. The Labute approximate surface area is 103 Å². The van der Waals surface area contributed by atoms with Crippen LogP contribution >= 0.6 is 11.3 Å². The van der Waals surface area contributed by atoms with Crippen LogP contribution in [0.5, 0.6) is 0 Å². The summed E-state index contributed by atoms with van der Waals surface area (Å²) in [6, 6.07) is 0. The Balaban J connectivity index is 2.89. The number of anilines is 1. The molecule has 1 rings (SSSR count). The van der Waals surface area contributed by atoms with Crippen LogP contribution in [-0.2, 0) is 14.4 Å². The molecule has 0 saturated carbocycles. The molecule has 0 saturated heterocycles. The fraction of sp³-hybridized carbons (Fsp3) is 0.300. The van der Waals surface area contributed by atoms with Crippen LogP contribution in [0.1, 0.15) is 12.6 Å². The van der Waals surface area contributed by atoms with Crippen LogP contribution in [0.4, 0.5) is 5.13 Å². The van der Waals surface area contributed by atoms with Gasteiger partial charge < -0.3 is 15.3 Å². The highest BCUT2D eigenvalue weighted by Crippen LogP contribution is 2.13. The largest absolute Gasteiger partial charge is 0.461 e. The zero-order valence-corrected chi connectivity index (χ0v) is 10.2. The number of carbonyl (C=O) groups excluding carboxylic acids is 1. The van der Waals surface area contributed by atoms with Gasteiger partial charge in [0.15, 0.2) is 5.13 Å². The van der Waals surface area contributed by atoms with Crippen molar-refractivity contribution < 1.29 is 14.4 Å². The number of hydrogen-bond donors (Lipinski definition) is 1. The number of aromatic nitrogens is 1. The first-order valence-corrected chi connectivity index (χ1v) is 5.76. The minimum absolute atomic E-state index is 0.00153. The molecular weight excluding hydrogens is 242 g/mol. The number of esters is 1. The normalized spacial score (nSPS) is 11.0. The number of nitrogen functional groups attached to an aromatic ring is 1. The molecule has 0 aliphatic rings. The van der Waals surface area contributed by atoms with Crippen LogP contribution < -0.4 is 5.73 Å². The Morgan fingerprint density at radius 1 is 1.76 bits per heavy atom. The van der Waals surface area contributed by atoms with E-state index in [0.717, 1.165) is 0 Å². The average molecular weight is 255 g/mol. The molecule has 0 atom stereocenters. The van der Waals surface area contributed by atoms with Gasteiger partial charge in [-0.15, -0.1) is 11.3 Å². The van der Waals surface area contributed by atoms with Crippen LogP contribution in [0, 0.1) is 0 Å². The summed E-state index contributed by atoms with van der Waals surface area (Å²) >= 11 is 1.21. The molecule has 0 aliphatic carbocycles. The quantitative estimate of drug-likeness (QED) is 0.271. The van der Waals surface area contributed by atoms with E-state index in [1.807, 2.05) is 0 Å². The zero-order valence-electron chi connectivity index (χ0n) is 9.38. The summed E-state index contributed by atoms with van der Waals surface area (Å²) in [7, 11) is 0. The molecular formula is C10H13N3O3S. The molecule has 0 aromatic carbocycles. The summed E-state index contributed by atoms with van der Waals surface area (Å²) in [5.41, 5.74) is 5.83. The summed E-state index contributed by atoms with van der Waals surface area (Å²) in [6.45, 7) is 5.62. The third-order valence-electron chi connectivity index (χ3n) is 1.58. The molecule has 1 aromatic rings. The first-order valence-electron chi connectivity index (χ1n) is 4.88. The molecule has 0 fully saturated rings. The molecule has 0 radical (unpaired) electrons. The first kappa shape index (κ1) is 13.2. The molecule has 1 aromatic heterocycles. The van der Waals surface area contributed by atoms with Crippen molar-refractivity contribution in [3.05, 3.63) is 23.7 Å². The van der Waals surface area contributed by atoms with E-state index in [2.05, 4.69) is 16.7 Å². The summed E-state index contributed by atoms with van der Waals surface area (Å²) < 4.78 is 4.85. The van der Waals surface area contributed by atoms with Crippen molar-refractivity contribution >= 4 is 28.1 Å². The predicted octanol–water partition coefficient (Wildman–Crippen LogP) is 1.20. The minimum atomic E-state index is -0.595. The number of oxime groups is 1. The Morgan fingerprint density at radius 2 is 2.53 bits per heavy atom. The second-order valence-corrected chi connectivity index (χ2v) is 3.71. The van der Waals surface area contributed by atoms with Gasteiger partial charge in [-0.2, -0.15) is 0 Å². The van der Waals surface area contributed by atoms with Gasteiger partial charge in [0, 0.05) is 5.38 Å². The first-order chi connectivity index (χ1) is 8.19. The van der Waals surface area contributed by atoms with E-state index in [0.29, 0.717) is 10.8 Å². The van der Waals surface area contributed by atoms with Gasteiger partial charge in [0.2, 0.25) is 5.71 Å². The standard InChI is InChI=1S/C10H13N3O3S/c1-3-5-16-13-8(9(14)15-4-2)7-6-17-10(11)12-7/h3,6H,1,4-5H2,2H3,(H2,11,12)/b13-8+. The minimum Gasteiger partial charge on any atom is -0.461 e. The van der Waals surface area contributed by atoms with Gasteiger partial charge in [-0.3, -0.25) is 0 Å². The highest BCUT2D eigenvalue weighted by atomic mass is 32.1. The zero-order chi connectivity index (χ0) is 12.7. The van der Waals surface area contributed by atoms with E-state index in [1.165, 1.54) is 17.4 Å². The number of nitrogens with zero attached hydrogens (tertiary/aromatic N) is 2. The Bertz CT molecular complexity index is 428. The van der Waals surface area contributed by atoms with Gasteiger partial charge in [-0.05, 0) is 6.92 Å². The van der Waals surface area contributed by atoms with Crippen molar-refractivity contribution in [2.75, 3.05) is 18.9 Å². The van der Waals surface area contributed by atoms with Crippen molar-refractivity contribution in [1.82, 2.24) is 4.98 Å². The van der Waals surface area contributed by atoms with Gasteiger partial charge in [-0.1, -0.05) is 17.8 Å². The lowest BCUT2D eigenvalue weighted by Crippen LogP contribution is -2.19. The van der Waals surface area contributed by atoms with E-state index in [4.69, 9.17) is 15.3 Å². The van der Waals surface area contributed by atoms with E-state index < -0.39 is 5.97 Å². The van der Waals surface area contributed by atoms with Gasteiger partial charge in [0.1, 0.15) is 12.3 Å². The van der Waals surface area contributed by atoms with Crippen LogP contribution in [0.3, 0.4) is 0 Å². The van der Waals surface area contributed by atoms with Gasteiger partial charge in [-0.25, -0.2) is 9.78 Å². The number of nitrogens with two attached hydrogens (primary N) is 1.